The molecule has 0 spiro atoms. The molecule has 1 fully saturated rings. The van der Waals surface area contributed by atoms with Crippen LogP contribution in [-0.4, -0.2) is 51.0 Å². The molecule has 0 atom stereocenters. The third-order valence-electron chi connectivity index (χ3n) is 5.12. The van der Waals surface area contributed by atoms with Gasteiger partial charge in [0, 0.05) is 37.1 Å². The fourth-order valence-electron chi connectivity index (χ4n) is 3.41. The largest absolute Gasteiger partial charge is 0.497 e. The fourth-order valence-corrected chi connectivity index (χ4v) is 5.71. The molecule has 4 rings (SSSR count). The summed E-state index contributed by atoms with van der Waals surface area (Å²) in [5.74, 6) is 0.641. The van der Waals surface area contributed by atoms with Gasteiger partial charge in [-0.05, 0) is 36.8 Å². The zero-order valence-electron chi connectivity index (χ0n) is 16.4. The maximum absolute atomic E-state index is 12.9. The van der Waals surface area contributed by atoms with Gasteiger partial charge in [0.1, 0.15) is 5.75 Å². The van der Waals surface area contributed by atoms with Crippen LogP contribution in [0.2, 0.25) is 0 Å². The van der Waals surface area contributed by atoms with E-state index < -0.39 is 10.0 Å². The number of benzene rings is 2. The first-order valence-corrected chi connectivity index (χ1v) is 11.7. The van der Waals surface area contributed by atoms with Crippen molar-refractivity contribution in [2.75, 3.05) is 38.2 Å². The minimum atomic E-state index is -3.50. The van der Waals surface area contributed by atoms with E-state index in [1.165, 1.54) is 5.56 Å². The molecule has 3 aromatic rings. The van der Waals surface area contributed by atoms with Crippen LogP contribution >= 0.6 is 11.3 Å². The van der Waals surface area contributed by atoms with Gasteiger partial charge in [0.25, 0.3) is 0 Å². The number of piperazine rings is 1. The second-order valence-electron chi connectivity index (χ2n) is 6.90. The van der Waals surface area contributed by atoms with Gasteiger partial charge in [-0.15, -0.1) is 11.3 Å². The van der Waals surface area contributed by atoms with Crippen LogP contribution in [0.1, 0.15) is 5.56 Å². The van der Waals surface area contributed by atoms with Crippen LogP contribution in [0.5, 0.6) is 5.75 Å². The van der Waals surface area contributed by atoms with Gasteiger partial charge in [0.05, 0.1) is 17.7 Å². The Labute approximate surface area is 175 Å². The van der Waals surface area contributed by atoms with Crippen molar-refractivity contribution in [3.63, 3.8) is 0 Å². The Morgan fingerprint density at radius 2 is 1.69 bits per heavy atom. The van der Waals surface area contributed by atoms with Gasteiger partial charge in [-0.2, -0.15) is 4.31 Å². The lowest BCUT2D eigenvalue weighted by Gasteiger charge is -2.33. The molecule has 0 aliphatic carbocycles. The van der Waals surface area contributed by atoms with Gasteiger partial charge in [0.15, 0.2) is 5.13 Å². The number of hydrogen-bond donors (Lipinski definition) is 0. The molecular weight excluding hydrogens is 406 g/mol. The lowest BCUT2D eigenvalue weighted by atomic mass is 10.1. The van der Waals surface area contributed by atoms with Crippen molar-refractivity contribution < 1.29 is 13.2 Å². The first-order valence-electron chi connectivity index (χ1n) is 9.40. The maximum Gasteiger partial charge on any atom is 0.243 e. The highest BCUT2D eigenvalue weighted by molar-refractivity contribution is 7.89. The number of aromatic nitrogens is 1. The molecule has 0 radical (unpaired) electrons. The molecule has 1 aromatic heterocycles. The molecule has 0 N–H and O–H groups in total. The average molecular weight is 430 g/mol. The summed E-state index contributed by atoms with van der Waals surface area (Å²) in [5.41, 5.74) is 3.30. The van der Waals surface area contributed by atoms with Crippen molar-refractivity contribution in [2.24, 2.45) is 0 Å². The summed E-state index contributed by atoms with van der Waals surface area (Å²) in [7, 11) is -1.94. The van der Waals surface area contributed by atoms with Gasteiger partial charge in [0.2, 0.25) is 10.0 Å². The van der Waals surface area contributed by atoms with Gasteiger partial charge < -0.3 is 9.64 Å². The summed E-state index contributed by atoms with van der Waals surface area (Å²) >= 11 is 1.60. The summed E-state index contributed by atoms with van der Waals surface area (Å²) in [5, 5.41) is 3.00. The number of sulfonamides is 1. The maximum atomic E-state index is 12.9. The molecule has 0 bridgehead atoms. The Bertz CT molecular complexity index is 1090. The zero-order valence-corrected chi connectivity index (χ0v) is 18.0. The number of methoxy groups -OCH3 is 1. The van der Waals surface area contributed by atoms with E-state index in [4.69, 9.17) is 9.72 Å². The van der Waals surface area contributed by atoms with Crippen LogP contribution in [0, 0.1) is 6.92 Å². The lowest BCUT2D eigenvalue weighted by molar-refractivity contribution is 0.384. The van der Waals surface area contributed by atoms with Gasteiger partial charge in [-0.25, -0.2) is 13.4 Å². The number of aryl methyl sites for hydroxylation is 1. The van der Waals surface area contributed by atoms with E-state index >= 15 is 0 Å². The molecule has 1 aliphatic rings. The van der Waals surface area contributed by atoms with Crippen molar-refractivity contribution >= 4 is 26.5 Å². The van der Waals surface area contributed by atoms with Crippen molar-refractivity contribution in [3.05, 3.63) is 59.5 Å². The highest BCUT2D eigenvalue weighted by Crippen LogP contribution is 2.30. The Morgan fingerprint density at radius 3 is 2.34 bits per heavy atom. The van der Waals surface area contributed by atoms with Crippen LogP contribution in [0.25, 0.3) is 11.3 Å². The predicted molar refractivity (Wildman–Crippen MR) is 116 cm³/mol. The predicted octanol–water partition coefficient (Wildman–Crippen LogP) is 3.64. The molecule has 1 aliphatic heterocycles. The normalized spacial score (nSPS) is 15.4. The quantitative estimate of drug-likeness (QED) is 0.620. The molecule has 152 valence electrons. The molecule has 29 heavy (non-hydrogen) atoms. The lowest BCUT2D eigenvalue weighted by Crippen LogP contribution is -2.48. The third-order valence-corrected chi connectivity index (χ3v) is 7.93. The summed E-state index contributed by atoms with van der Waals surface area (Å²) in [6, 6.07) is 14.7. The highest BCUT2D eigenvalue weighted by Gasteiger charge is 2.29. The Balaban J connectivity index is 1.45. The highest BCUT2D eigenvalue weighted by atomic mass is 32.2. The minimum Gasteiger partial charge on any atom is -0.497 e. The molecule has 0 amide bonds. The SMILES string of the molecule is COc1ccc(S(=O)(=O)N2CCN(c3nc(-c4ccccc4C)cs3)CC2)cc1. The Morgan fingerprint density at radius 1 is 1.00 bits per heavy atom. The van der Waals surface area contributed by atoms with E-state index in [0.717, 1.165) is 16.4 Å². The van der Waals surface area contributed by atoms with Crippen molar-refractivity contribution in [1.82, 2.24) is 9.29 Å². The molecule has 0 unspecified atom stereocenters. The van der Waals surface area contributed by atoms with E-state index in [2.05, 4.69) is 29.3 Å². The van der Waals surface area contributed by atoms with Crippen LogP contribution in [0.15, 0.2) is 58.8 Å². The zero-order chi connectivity index (χ0) is 20.4. The molecule has 8 heteroatoms. The van der Waals surface area contributed by atoms with Crippen LogP contribution in [0.3, 0.4) is 0 Å². The first-order chi connectivity index (χ1) is 14.0. The molecule has 2 heterocycles. The van der Waals surface area contributed by atoms with Gasteiger partial charge >= 0.3 is 0 Å². The molecule has 6 nitrogen and oxygen atoms in total. The second kappa shape index (κ2) is 8.14. The van der Waals surface area contributed by atoms with E-state index in [1.807, 2.05) is 12.1 Å². The van der Waals surface area contributed by atoms with E-state index in [9.17, 15) is 8.42 Å². The summed E-state index contributed by atoms with van der Waals surface area (Å²) in [4.78, 5) is 7.25. The van der Waals surface area contributed by atoms with E-state index in [-0.39, 0.29) is 0 Å². The number of ether oxygens (including phenoxy) is 1. The number of nitrogens with zero attached hydrogens (tertiary/aromatic N) is 3. The second-order valence-corrected chi connectivity index (χ2v) is 9.67. The van der Waals surface area contributed by atoms with E-state index in [1.54, 1.807) is 47.0 Å². The number of thiazole rings is 1. The Kier molecular flexibility index (Phi) is 5.58. The standard InChI is InChI=1S/C21H23N3O3S2/c1-16-5-3-4-6-19(16)20-15-28-21(22-20)23-11-13-24(14-12-23)29(25,26)18-9-7-17(27-2)8-10-18/h3-10,15H,11-14H2,1-2H3. The fraction of sp³-hybridized carbons (Fsp3) is 0.286. The molecule has 2 aromatic carbocycles. The molecular formula is C21H23N3O3S2. The van der Waals surface area contributed by atoms with Crippen LogP contribution < -0.4 is 9.64 Å². The Hall–Kier alpha value is -2.42. The molecule has 1 saturated heterocycles. The van der Waals surface area contributed by atoms with E-state index in [0.29, 0.717) is 36.8 Å². The van der Waals surface area contributed by atoms with Crippen molar-refractivity contribution in [1.29, 1.82) is 0 Å². The topological polar surface area (TPSA) is 62.7 Å². The third kappa shape index (κ3) is 4.01. The minimum absolute atomic E-state index is 0.294. The van der Waals surface area contributed by atoms with Gasteiger partial charge in [-0.3, -0.25) is 0 Å². The summed E-state index contributed by atoms with van der Waals surface area (Å²) < 4.78 is 32.5. The summed E-state index contributed by atoms with van der Waals surface area (Å²) in [6.45, 7) is 4.20. The number of anilines is 1. The van der Waals surface area contributed by atoms with Crippen LogP contribution in [0.4, 0.5) is 5.13 Å². The first kappa shape index (κ1) is 19.9. The monoisotopic (exact) mass is 429 g/mol. The smallest absolute Gasteiger partial charge is 0.243 e. The van der Waals surface area contributed by atoms with Crippen molar-refractivity contribution in [3.8, 4) is 17.0 Å². The van der Waals surface area contributed by atoms with Gasteiger partial charge in [-0.1, -0.05) is 24.3 Å². The number of rotatable bonds is 5. The average Bonchev–Trinajstić information content (AvgIpc) is 3.24. The molecule has 0 saturated carbocycles. The van der Waals surface area contributed by atoms with Crippen LogP contribution in [-0.2, 0) is 10.0 Å². The summed E-state index contributed by atoms with van der Waals surface area (Å²) in [6.07, 6.45) is 0. The van der Waals surface area contributed by atoms with Crippen molar-refractivity contribution in [2.45, 2.75) is 11.8 Å². The number of hydrogen-bond acceptors (Lipinski definition) is 6.